The molecule has 3 N–H and O–H groups in total. The van der Waals surface area contributed by atoms with Crippen LogP contribution in [0.2, 0.25) is 10.0 Å². The molecule has 0 fully saturated rings. The van der Waals surface area contributed by atoms with Crippen molar-refractivity contribution in [2.75, 3.05) is 19.1 Å². The van der Waals surface area contributed by atoms with Gasteiger partial charge in [-0.1, -0.05) is 35.0 Å². The van der Waals surface area contributed by atoms with E-state index in [9.17, 15) is 13.2 Å². The topological polar surface area (TPSA) is 120 Å². The number of hydrogen-bond acceptors (Lipinski definition) is 8. The van der Waals surface area contributed by atoms with E-state index in [-0.39, 0.29) is 31.5 Å². The Bertz CT molecular complexity index is 1010. The molecule has 150 valence electrons. The molecule has 0 unspecified atom stereocenters. The molecule has 0 spiro atoms. The number of amides is 1. The van der Waals surface area contributed by atoms with E-state index < -0.39 is 16.2 Å². The maximum Gasteiger partial charge on any atom is 0.412 e. The van der Waals surface area contributed by atoms with Gasteiger partial charge in [0.2, 0.25) is 0 Å². The molecule has 1 amide bonds. The highest BCUT2D eigenvalue weighted by atomic mass is 35.5. The summed E-state index contributed by atoms with van der Waals surface area (Å²) in [7, 11) is -2.95. The number of nitrogens with zero attached hydrogens (tertiary/aromatic N) is 1. The number of aliphatic imine (C=N–C) groups is 1. The van der Waals surface area contributed by atoms with Gasteiger partial charge in [-0.25, -0.2) is 9.79 Å². The number of methoxy groups -OCH3 is 1. The van der Waals surface area contributed by atoms with Crippen LogP contribution in [0.25, 0.3) is 0 Å². The van der Waals surface area contributed by atoms with Gasteiger partial charge in [-0.15, -0.1) is 0 Å². The second-order valence-corrected chi connectivity index (χ2v) is 8.32. The van der Waals surface area contributed by atoms with Crippen molar-refractivity contribution in [1.29, 1.82) is 0 Å². The van der Waals surface area contributed by atoms with Gasteiger partial charge in [0.1, 0.15) is 10.6 Å². The van der Waals surface area contributed by atoms with E-state index in [0.717, 1.165) is 11.8 Å². The van der Waals surface area contributed by atoms with Crippen molar-refractivity contribution in [1.82, 2.24) is 5.32 Å². The molecule has 8 nitrogen and oxygen atoms in total. The van der Waals surface area contributed by atoms with Gasteiger partial charge >= 0.3 is 16.2 Å². The average molecular weight is 464 g/mol. The van der Waals surface area contributed by atoms with Crippen LogP contribution in [0.3, 0.4) is 0 Å². The standard InChI is InChI=1S/C16H15Cl2N3O5S2/c1-25-16(22)21-15(27-2)20-14-4-3-11(8-13(14)19)26-28(23,24)12-6-9(17)5-10(18)7-12/h3-8H,19H2,1-2H3,(H,20,21,22). The van der Waals surface area contributed by atoms with Gasteiger partial charge in [0, 0.05) is 16.1 Å². The van der Waals surface area contributed by atoms with Crippen molar-refractivity contribution in [2.24, 2.45) is 4.99 Å². The first-order valence-electron chi connectivity index (χ1n) is 7.42. The third kappa shape index (κ3) is 5.93. The quantitative estimate of drug-likeness (QED) is 0.303. The monoisotopic (exact) mass is 463 g/mol. The van der Waals surface area contributed by atoms with Crippen molar-refractivity contribution in [2.45, 2.75) is 4.90 Å². The first-order chi connectivity index (χ1) is 13.1. The van der Waals surface area contributed by atoms with E-state index in [1.54, 1.807) is 6.26 Å². The number of nitrogens with one attached hydrogen (secondary N) is 1. The smallest absolute Gasteiger partial charge is 0.412 e. The predicted molar refractivity (Wildman–Crippen MR) is 111 cm³/mol. The summed E-state index contributed by atoms with van der Waals surface area (Å²) in [5.41, 5.74) is 6.35. The number of rotatable bonds is 4. The third-order valence-corrected chi connectivity index (χ3v) is 5.38. The highest BCUT2D eigenvalue weighted by Crippen LogP contribution is 2.30. The lowest BCUT2D eigenvalue weighted by molar-refractivity contribution is 0.177. The first-order valence-corrected chi connectivity index (χ1v) is 10.8. The number of halogens is 2. The summed E-state index contributed by atoms with van der Waals surface area (Å²) in [6, 6.07) is 7.94. The lowest BCUT2D eigenvalue weighted by atomic mass is 10.2. The molecule has 28 heavy (non-hydrogen) atoms. The van der Waals surface area contributed by atoms with Crippen LogP contribution in [-0.4, -0.2) is 33.0 Å². The van der Waals surface area contributed by atoms with Crippen molar-refractivity contribution in [3.05, 3.63) is 46.4 Å². The molecule has 0 atom stereocenters. The highest BCUT2D eigenvalue weighted by molar-refractivity contribution is 8.13. The lowest BCUT2D eigenvalue weighted by Gasteiger charge is -2.10. The number of nitrogens with two attached hydrogens (primary N) is 1. The highest BCUT2D eigenvalue weighted by Gasteiger charge is 2.19. The van der Waals surface area contributed by atoms with Gasteiger partial charge in [-0.05, 0) is 36.6 Å². The summed E-state index contributed by atoms with van der Waals surface area (Å²) in [6.07, 6.45) is 1.02. The Hall–Kier alpha value is -2.14. The normalized spacial score (nSPS) is 11.8. The van der Waals surface area contributed by atoms with E-state index >= 15 is 0 Å². The van der Waals surface area contributed by atoms with Crippen LogP contribution >= 0.6 is 35.0 Å². The number of alkyl carbamates (subject to hydrolysis) is 1. The number of carbonyl (C=O) groups is 1. The molecule has 0 bridgehead atoms. The predicted octanol–water partition coefficient (Wildman–Crippen LogP) is 4.05. The lowest BCUT2D eigenvalue weighted by Crippen LogP contribution is -2.27. The summed E-state index contributed by atoms with van der Waals surface area (Å²) >= 11 is 12.8. The van der Waals surface area contributed by atoms with Gasteiger partial charge in [-0.3, -0.25) is 5.32 Å². The van der Waals surface area contributed by atoms with Crippen molar-refractivity contribution < 1.29 is 22.1 Å². The second kappa shape index (κ2) is 9.37. The molecule has 2 aromatic rings. The summed E-state index contributed by atoms with van der Waals surface area (Å²) in [4.78, 5) is 15.3. The Labute approximate surface area is 176 Å². The molecule has 12 heteroatoms. The van der Waals surface area contributed by atoms with E-state index in [0.29, 0.717) is 5.69 Å². The molecular weight excluding hydrogens is 449 g/mol. The minimum Gasteiger partial charge on any atom is -0.453 e. The number of benzene rings is 2. The molecule has 0 aliphatic heterocycles. The summed E-state index contributed by atoms with van der Waals surface area (Å²) in [6.45, 7) is 0. The second-order valence-electron chi connectivity index (χ2n) is 5.10. The molecule has 0 aliphatic rings. The number of thioether (sulfide) groups is 1. The molecule has 0 saturated carbocycles. The van der Waals surface area contributed by atoms with E-state index in [1.807, 2.05) is 0 Å². The minimum absolute atomic E-state index is 0.0285. The number of anilines is 1. The largest absolute Gasteiger partial charge is 0.453 e. The molecule has 2 rings (SSSR count). The van der Waals surface area contributed by atoms with Crippen LogP contribution in [0.1, 0.15) is 0 Å². The number of amidine groups is 1. The van der Waals surface area contributed by atoms with Crippen LogP contribution in [-0.2, 0) is 14.9 Å². The zero-order valence-electron chi connectivity index (χ0n) is 14.6. The Morgan fingerprint density at radius 2 is 1.82 bits per heavy atom. The molecular formula is C16H15Cl2N3O5S2. The Morgan fingerprint density at radius 3 is 2.36 bits per heavy atom. The fraction of sp³-hybridized carbons (Fsp3) is 0.125. The average Bonchev–Trinajstić information content (AvgIpc) is 2.61. The van der Waals surface area contributed by atoms with Crippen LogP contribution < -0.4 is 15.2 Å². The zero-order valence-corrected chi connectivity index (χ0v) is 17.7. The van der Waals surface area contributed by atoms with Crippen molar-refractivity contribution in [3.63, 3.8) is 0 Å². The number of ether oxygens (including phenoxy) is 1. The molecule has 0 aliphatic carbocycles. The Kier molecular flexibility index (Phi) is 7.41. The fourth-order valence-corrected chi connectivity index (χ4v) is 3.93. The molecule has 2 aromatic carbocycles. The van der Waals surface area contributed by atoms with Gasteiger partial charge in [0.25, 0.3) is 0 Å². The van der Waals surface area contributed by atoms with Gasteiger partial charge < -0.3 is 14.7 Å². The van der Waals surface area contributed by atoms with Crippen molar-refractivity contribution >= 4 is 67.7 Å². The Morgan fingerprint density at radius 1 is 1.18 bits per heavy atom. The summed E-state index contributed by atoms with van der Waals surface area (Å²) in [5, 5.41) is 2.97. The molecule has 0 aromatic heterocycles. The molecule has 0 heterocycles. The van der Waals surface area contributed by atoms with Crippen LogP contribution in [0, 0.1) is 0 Å². The van der Waals surface area contributed by atoms with E-state index in [4.69, 9.17) is 33.1 Å². The van der Waals surface area contributed by atoms with Crippen LogP contribution in [0.4, 0.5) is 16.2 Å². The number of nitrogen functional groups attached to an aromatic ring is 1. The van der Waals surface area contributed by atoms with Crippen LogP contribution in [0.15, 0.2) is 46.3 Å². The minimum atomic E-state index is -4.17. The molecule has 0 saturated heterocycles. The SMILES string of the molecule is COC(=O)NC(=Nc1ccc(OS(=O)(=O)c2cc(Cl)cc(Cl)c2)cc1N)SC. The molecule has 0 radical (unpaired) electrons. The summed E-state index contributed by atoms with van der Waals surface area (Å²) < 4.78 is 34.4. The van der Waals surface area contributed by atoms with Gasteiger partial charge in [0.15, 0.2) is 5.17 Å². The van der Waals surface area contributed by atoms with Gasteiger partial charge in [-0.2, -0.15) is 8.42 Å². The third-order valence-electron chi connectivity index (χ3n) is 3.14. The van der Waals surface area contributed by atoms with Crippen molar-refractivity contribution in [3.8, 4) is 5.75 Å². The van der Waals surface area contributed by atoms with E-state index in [2.05, 4.69) is 15.0 Å². The first kappa shape index (κ1) is 22.2. The number of carbonyl (C=O) groups excluding carboxylic acids is 1. The van der Waals surface area contributed by atoms with Crippen LogP contribution in [0.5, 0.6) is 5.75 Å². The number of hydrogen-bond donors (Lipinski definition) is 2. The maximum absolute atomic E-state index is 12.4. The maximum atomic E-state index is 12.4. The van der Waals surface area contributed by atoms with E-state index in [1.165, 1.54) is 43.5 Å². The fourth-order valence-electron chi connectivity index (χ4n) is 1.91. The zero-order chi connectivity index (χ0) is 20.9. The van der Waals surface area contributed by atoms with Gasteiger partial charge in [0.05, 0.1) is 18.5 Å². The Balaban J connectivity index is 2.27. The summed E-state index contributed by atoms with van der Waals surface area (Å²) in [5.74, 6) is -0.0285.